The smallest absolute Gasteiger partial charge is 0.241 e. The van der Waals surface area contributed by atoms with Crippen LogP contribution in [0, 0.1) is 5.82 Å². The zero-order valence-corrected chi connectivity index (χ0v) is 15.9. The zero-order valence-electron chi connectivity index (χ0n) is 15.9. The Hall–Kier alpha value is -2.90. The summed E-state index contributed by atoms with van der Waals surface area (Å²) >= 11 is 0. The summed E-state index contributed by atoms with van der Waals surface area (Å²) in [5.74, 6) is 2.20. The Balaban J connectivity index is 1.35. The van der Waals surface area contributed by atoms with Crippen molar-refractivity contribution in [1.29, 1.82) is 0 Å². The summed E-state index contributed by atoms with van der Waals surface area (Å²) < 4.78 is 19.0. The average molecular weight is 385 g/mol. The first-order chi connectivity index (χ1) is 13.6. The van der Waals surface area contributed by atoms with Crippen molar-refractivity contribution in [2.24, 2.45) is 0 Å². The van der Waals surface area contributed by atoms with Crippen LogP contribution < -0.4 is 14.5 Å². The molecule has 1 aromatic carbocycles. The summed E-state index contributed by atoms with van der Waals surface area (Å²) in [6.07, 6.45) is 3.40. The van der Waals surface area contributed by atoms with E-state index in [0.717, 1.165) is 44.1 Å². The highest BCUT2D eigenvalue weighted by atomic mass is 19.1. The molecular weight excluding hydrogens is 361 g/mol. The van der Waals surface area contributed by atoms with Crippen molar-refractivity contribution in [3.8, 4) is 5.75 Å². The van der Waals surface area contributed by atoms with Gasteiger partial charge in [0.15, 0.2) is 0 Å². The monoisotopic (exact) mass is 385 g/mol. The van der Waals surface area contributed by atoms with E-state index in [1.165, 1.54) is 12.1 Å². The maximum Gasteiger partial charge on any atom is 0.241 e. The highest BCUT2D eigenvalue weighted by molar-refractivity contribution is 5.82. The van der Waals surface area contributed by atoms with Gasteiger partial charge in [-0.15, -0.1) is 0 Å². The van der Waals surface area contributed by atoms with Crippen molar-refractivity contribution >= 4 is 17.5 Å². The van der Waals surface area contributed by atoms with Crippen LogP contribution in [-0.4, -0.2) is 66.7 Å². The lowest BCUT2D eigenvalue weighted by atomic mass is 10.1. The molecule has 0 radical (unpaired) electrons. The van der Waals surface area contributed by atoms with Crippen LogP contribution >= 0.6 is 0 Å². The predicted octanol–water partition coefficient (Wildman–Crippen LogP) is 1.94. The standard InChI is InChI=1S/C20H24FN5O2/c1-24-10-11-26(13-20(24)27)19-12-18(22-14-23-19)25-8-6-17(7-9-25)28-16-4-2-15(21)3-5-16/h2-5,12,14,17H,6-11,13H2,1H3. The number of benzene rings is 1. The van der Waals surface area contributed by atoms with E-state index in [1.807, 2.05) is 18.0 Å². The van der Waals surface area contributed by atoms with Gasteiger partial charge in [0, 0.05) is 52.1 Å². The van der Waals surface area contributed by atoms with Crippen molar-refractivity contribution in [3.05, 3.63) is 42.5 Å². The number of hydrogen-bond donors (Lipinski definition) is 0. The molecule has 8 heteroatoms. The molecule has 7 nitrogen and oxygen atoms in total. The molecule has 0 bridgehead atoms. The Bertz CT molecular complexity index is 824. The van der Waals surface area contributed by atoms with E-state index < -0.39 is 0 Å². The normalized spacial score (nSPS) is 18.5. The van der Waals surface area contributed by atoms with Gasteiger partial charge in [-0.25, -0.2) is 14.4 Å². The molecule has 0 N–H and O–H groups in total. The lowest BCUT2D eigenvalue weighted by Gasteiger charge is -2.35. The summed E-state index contributed by atoms with van der Waals surface area (Å²) in [5, 5.41) is 0. The van der Waals surface area contributed by atoms with Gasteiger partial charge in [0.1, 0.15) is 35.6 Å². The van der Waals surface area contributed by atoms with E-state index in [0.29, 0.717) is 18.8 Å². The predicted molar refractivity (Wildman–Crippen MR) is 104 cm³/mol. The number of piperidine rings is 1. The van der Waals surface area contributed by atoms with Crippen molar-refractivity contribution in [2.75, 3.05) is 49.6 Å². The molecule has 148 valence electrons. The fraction of sp³-hybridized carbons (Fsp3) is 0.450. The maximum atomic E-state index is 13.0. The number of likely N-dealkylation sites (N-methyl/N-ethyl adjacent to an activating group) is 1. The summed E-state index contributed by atoms with van der Waals surface area (Å²) in [7, 11) is 1.82. The van der Waals surface area contributed by atoms with E-state index in [4.69, 9.17) is 4.74 Å². The molecule has 4 rings (SSSR count). The van der Waals surface area contributed by atoms with Crippen LogP contribution in [0.25, 0.3) is 0 Å². The molecule has 3 heterocycles. The molecule has 0 unspecified atom stereocenters. The molecule has 0 atom stereocenters. The summed E-state index contributed by atoms with van der Waals surface area (Å²) in [6.45, 7) is 3.46. The highest BCUT2D eigenvalue weighted by Crippen LogP contribution is 2.24. The second-order valence-electron chi connectivity index (χ2n) is 7.23. The second kappa shape index (κ2) is 8.00. The average Bonchev–Trinajstić information content (AvgIpc) is 2.72. The summed E-state index contributed by atoms with van der Waals surface area (Å²) in [6, 6.07) is 8.11. The number of rotatable bonds is 4. The molecule has 2 aliphatic rings. The van der Waals surface area contributed by atoms with E-state index in [1.54, 1.807) is 23.4 Å². The van der Waals surface area contributed by atoms with Crippen LogP contribution in [0.1, 0.15) is 12.8 Å². The molecule has 0 aliphatic carbocycles. The van der Waals surface area contributed by atoms with Gasteiger partial charge in [-0.2, -0.15) is 0 Å². The largest absolute Gasteiger partial charge is 0.490 e. The Kier molecular flexibility index (Phi) is 5.27. The molecule has 2 aromatic rings. The van der Waals surface area contributed by atoms with Crippen molar-refractivity contribution in [1.82, 2.24) is 14.9 Å². The first kappa shape index (κ1) is 18.5. The van der Waals surface area contributed by atoms with Gasteiger partial charge >= 0.3 is 0 Å². The van der Waals surface area contributed by atoms with Crippen LogP contribution in [0.4, 0.5) is 16.0 Å². The van der Waals surface area contributed by atoms with E-state index in [9.17, 15) is 9.18 Å². The maximum absolute atomic E-state index is 13.0. The topological polar surface area (TPSA) is 61.8 Å². The fourth-order valence-corrected chi connectivity index (χ4v) is 3.55. The first-order valence-electron chi connectivity index (χ1n) is 9.56. The van der Waals surface area contributed by atoms with E-state index in [-0.39, 0.29) is 17.8 Å². The number of nitrogens with zero attached hydrogens (tertiary/aromatic N) is 5. The number of ether oxygens (including phenoxy) is 1. The lowest BCUT2D eigenvalue weighted by Crippen LogP contribution is -2.49. The van der Waals surface area contributed by atoms with Gasteiger partial charge in [-0.05, 0) is 24.3 Å². The number of halogens is 1. The highest BCUT2D eigenvalue weighted by Gasteiger charge is 2.25. The fourth-order valence-electron chi connectivity index (χ4n) is 3.55. The van der Waals surface area contributed by atoms with Gasteiger partial charge in [-0.3, -0.25) is 4.79 Å². The van der Waals surface area contributed by atoms with Crippen LogP contribution in [0.2, 0.25) is 0 Å². The minimum atomic E-state index is -0.260. The van der Waals surface area contributed by atoms with Crippen LogP contribution in [0.15, 0.2) is 36.7 Å². The number of piperazine rings is 1. The van der Waals surface area contributed by atoms with Crippen LogP contribution in [0.3, 0.4) is 0 Å². The van der Waals surface area contributed by atoms with E-state index in [2.05, 4.69) is 14.9 Å². The third-order valence-electron chi connectivity index (χ3n) is 5.30. The number of anilines is 2. The molecule has 2 fully saturated rings. The number of aromatic nitrogens is 2. The van der Waals surface area contributed by atoms with Crippen molar-refractivity contribution in [2.45, 2.75) is 18.9 Å². The molecule has 2 aliphatic heterocycles. The Labute approximate surface area is 163 Å². The first-order valence-corrected chi connectivity index (χ1v) is 9.56. The SMILES string of the molecule is CN1CCN(c2cc(N3CCC(Oc4ccc(F)cc4)CC3)ncn2)CC1=O. The van der Waals surface area contributed by atoms with Crippen molar-refractivity contribution < 1.29 is 13.9 Å². The molecular formula is C20H24FN5O2. The van der Waals surface area contributed by atoms with Gasteiger partial charge in [0.05, 0.1) is 6.54 Å². The van der Waals surface area contributed by atoms with Crippen LogP contribution in [-0.2, 0) is 4.79 Å². The number of amides is 1. The van der Waals surface area contributed by atoms with Crippen LogP contribution in [0.5, 0.6) is 5.75 Å². The quantitative estimate of drug-likeness (QED) is 0.802. The van der Waals surface area contributed by atoms with E-state index >= 15 is 0 Å². The van der Waals surface area contributed by atoms with Gasteiger partial charge < -0.3 is 19.4 Å². The third kappa shape index (κ3) is 4.16. The Morgan fingerprint density at radius 3 is 2.36 bits per heavy atom. The van der Waals surface area contributed by atoms with Crippen molar-refractivity contribution in [3.63, 3.8) is 0 Å². The molecule has 0 spiro atoms. The molecule has 1 aromatic heterocycles. The second-order valence-corrected chi connectivity index (χ2v) is 7.23. The third-order valence-corrected chi connectivity index (χ3v) is 5.30. The Morgan fingerprint density at radius 1 is 1.00 bits per heavy atom. The molecule has 1 amide bonds. The molecule has 0 saturated carbocycles. The molecule has 2 saturated heterocycles. The van der Waals surface area contributed by atoms with Gasteiger partial charge in [0.2, 0.25) is 5.91 Å². The number of hydrogen-bond acceptors (Lipinski definition) is 6. The summed E-state index contributed by atoms with van der Waals surface area (Å²) in [5.41, 5.74) is 0. The van der Waals surface area contributed by atoms with Gasteiger partial charge in [0.25, 0.3) is 0 Å². The zero-order chi connectivity index (χ0) is 19.5. The number of carbonyl (C=O) groups excluding carboxylic acids is 1. The van der Waals surface area contributed by atoms with Gasteiger partial charge in [-0.1, -0.05) is 0 Å². The minimum absolute atomic E-state index is 0.102. The Morgan fingerprint density at radius 2 is 1.68 bits per heavy atom. The lowest BCUT2D eigenvalue weighted by molar-refractivity contribution is -0.129. The molecule has 28 heavy (non-hydrogen) atoms. The number of carbonyl (C=O) groups is 1. The summed E-state index contributed by atoms with van der Waals surface area (Å²) in [4.78, 5) is 26.7. The minimum Gasteiger partial charge on any atom is -0.490 e.